The molecule has 0 unspecified atom stereocenters. The second-order valence-corrected chi connectivity index (χ2v) is 7.05. The maximum absolute atomic E-state index is 12.3. The molecular formula is C18H20BrNO. The van der Waals surface area contributed by atoms with Crippen molar-refractivity contribution in [2.45, 2.75) is 33.1 Å². The molecule has 0 aliphatic heterocycles. The Kier molecular flexibility index (Phi) is 4.52. The van der Waals surface area contributed by atoms with Crippen LogP contribution in [0.1, 0.15) is 42.3 Å². The first-order chi connectivity index (χ1) is 9.79. The third kappa shape index (κ3) is 3.73. The zero-order valence-electron chi connectivity index (χ0n) is 12.8. The van der Waals surface area contributed by atoms with Crippen LogP contribution in [0.25, 0.3) is 0 Å². The van der Waals surface area contributed by atoms with E-state index in [0.29, 0.717) is 5.56 Å². The van der Waals surface area contributed by atoms with Crippen LogP contribution in [-0.2, 0) is 5.41 Å². The van der Waals surface area contributed by atoms with Crippen molar-refractivity contribution in [3.8, 4) is 0 Å². The molecule has 0 radical (unpaired) electrons. The summed E-state index contributed by atoms with van der Waals surface area (Å²) in [6.45, 7) is 8.45. The van der Waals surface area contributed by atoms with Crippen LogP contribution >= 0.6 is 15.9 Å². The van der Waals surface area contributed by atoms with Crippen LogP contribution in [0.15, 0.2) is 46.9 Å². The summed E-state index contributed by atoms with van der Waals surface area (Å²) in [7, 11) is 0. The van der Waals surface area contributed by atoms with Crippen molar-refractivity contribution in [3.63, 3.8) is 0 Å². The van der Waals surface area contributed by atoms with Crippen LogP contribution in [0.2, 0.25) is 0 Å². The average Bonchev–Trinajstić information content (AvgIpc) is 2.41. The van der Waals surface area contributed by atoms with Gasteiger partial charge in [-0.2, -0.15) is 0 Å². The Bertz CT molecular complexity index is 654. The SMILES string of the molecule is Cc1c(Br)cccc1C(=O)Nc1ccc(C(C)(C)C)cc1. The number of nitrogens with one attached hydrogen (secondary N) is 1. The van der Waals surface area contributed by atoms with E-state index in [-0.39, 0.29) is 11.3 Å². The highest BCUT2D eigenvalue weighted by atomic mass is 79.9. The second-order valence-electron chi connectivity index (χ2n) is 6.19. The monoisotopic (exact) mass is 345 g/mol. The molecule has 3 heteroatoms. The van der Waals surface area contributed by atoms with Crippen LogP contribution in [0.4, 0.5) is 5.69 Å². The van der Waals surface area contributed by atoms with Crippen molar-refractivity contribution in [1.29, 1.82) is 0 Å². The van der Waals surface area contributed by atoms with Gasteiger partial charge in [0.1, 0.15) is 0 Å². The van der Waals surface area contributed by atoms with E-state index in [0.717, 1.165) is 15.7 Å². The van der Waals surface area contributed by atoms with Crippen LogP contribution in [0.3, 0.4) is 0 Å². The Balaban J connectivity index is 2.18. The lowest BCUT2D eigenvalue weighted by Crippen LogP contribution is -2.14. The van der Waals surface area contributed by atoms with E-state index in [9.17, 15) is 4.79 Å². The molecular weight excluding hydrogens is 326 g/mol. The molecule has 0 atom stereocenters. The predicted octanol–water partition coefficient (Wildman–Crippen LogP) is 5.31. The highest BCUT2D eigenvalue weighted by Gasteiger charge is 2.14. The quantitative estimate of drug-likeness (QED) is 0.785. The van der Waals surface area contributed by atoms with E-state index in [2.05, 4.69) is 54.2 Å². The van der Waals surface area contributed by atoms with Gasteiger partial charge in [-0.05, 0) is 47.7 Å². The molecule has 0 bridgehead atoms. The molecule has 2 nitrogen and oxygen atoms in total. The molecule has 0 heterocycles. The number of benzene rings is 2. The van der Waals surface area contributed by atoms with E-state index in [4.69, 9.17) is 0 Å². The fourth-order valence-electron chi connectivity index (χ4n) is 2.11. The van der Waals surface area contributed by atoms with E-state index in [1.165, 1.54) is 5.56 Å². The molecule has 0 aliphatic rings. The lowest BCUT2D eigenvalue weighted by atomic mass is 9.87. The summed E-state index contributed by atoms with van der Waals surface area (Å²) in [6, 6.07) is 13.7. The predicted molar refractivity (Wildman–Crippen MR) is 92.0 cm³/mol. The number of amides is 1. The van der Waals surface area contributed by atoms with E-state index >= 15 is 0 Å². The summed E-state index contributed by atoms with van der Waals surface area (Å²) in [5, 5.41) is 2.95. The van der Waals surface area contributed by atoms with Crippen molar-refractivity contribution < 1.29 is 4.79 Å². The van der Waals surface area contributed by atoms with Gasteiger partial charge in [-0.3, -0.25) is 4.79 Å². The molecule has 0 aliphatic carbocycles. The molecule has 0 fully saturated rings. The lowest BCUT2D eigenvalue weighted by molar-refractivity contribution is 0.102. The van der Waals surface area contributed by atoms with Gasteiger partial charge in [-0.1, -0.05) is 54.9 Å². The Hall–Kier alpha value is -1.61. The summed E-state index contributed by atoms with van der Waals surface area (Å²) >= 11 is 3.45. The minimum atomic E-state index is -0.0858. The summed E-state index contributed by atoms with van der Waals surface area (Å²) in [6.07, 6.45) is 0. The van der Waals surface area contributed by atoms with Crippen LogP contribution in [0.5, 0.6) is 0 Å². The molecule has 2 aromatic carbocycles. The largest absolute Gasteiger partial charge is 0.322 e. The number of hydrogen-bond donors (Lipinski definition) is 1. The fraction of sp³-hybridized carbons (Fsp3) is 0.278. The third-order valence-electron chi connectivity index (χ3n) is 3.52. The van der Waals surface area contributed by atoms with Gasteiger partial charge in [0.15, 0.2) is 0 Å². The lowest BCUT2D eigenvalue weighted by Gasteiger charge is -2.19. The molecule has 0 aromatic heterocycles. The standard InChI is InChI=1S/C18H20BrNO/c1-12-15(6-5-7-16(12)19)17(21)20-14-10-8-13(9-11-14)18(2,3)4/h5-11H,1-4H3,(H,20,21). The van der Waals surface area contributed by atoms with E-state index < -0.39 is 0 Å². The molecule has 2 rings (SSSR count). The highest BCUT2D eigenvalue weighted by molar-refractivity contribution is 9.10. The number of halogens is 1. The van der Waals surface area contributed by atoms with Crippen molar-refractivity contribution >= 4 is 27.5 Å². The Morgan fingerprint density at radius 3 is 2.24 bits per heavy atom. The van der Waals surface area contributed by atoms with E-state index in [1.807, 2.05) is 37.3 Å². The maximum Gasteiger partial charge on any atom is 0.255 e. The van der Waals surface area contributed by atoms with Crippen molar-refractivity contribution in [2.75, 3.05) is 5.32 Å². The van der Waals surface area contributed by atoms with Gasteiger partial charge in [0.2, 0.25) is 0 Å². The van der Waals surface area contributed by atoms with Gasteiger partial charge in [0.25, 0.3) is 5.91 Å². The summed E-state index contributed by atoms with van der Waals surface area (Å²) < 4.78 is 0.943. The summed E-state index contributed by atoms with van der Waals surface area (Å²) in [5.74, 6) is -0.0858. The summed E-state index contributed by atoms with van der Waals surface area (Å²) in [5.41, 5.74) is 3.81. The molecule has 1 N–H and O–H groups in total. The number of carbonyl (C=O) groups is 1. The van der Waals surface area contributed by atoms with Gasteiger partial charge in [-0.15, -0.1) is 0 Å². The minimum absolute atomic E-state index is 0.0858. The van der Waals surface area contributed by atoms with Gasteiger partial charge < -0.3 is 5.32 Å². The van der Waals surface area contributed by atoms with Crippen molar-refractivity contribution in [2.24, 2.45) is 0 Å². The molecule has 0 saturated carbocycles. The van der Waals surface area contributed by atoms with Gasteiger partial charge >= 0.3 is 0 Å². The van der Waals surface area contributed by atoms with Gasteiger partial charge in [0, 0.05) is 15.7 Å². The molecule has 1 amide bonds. The molecule has 0 spiro atoms. The normalized spacial score (nSPS) is 11.3. The first kappa shape index (κ1) is 15.8. The zero-order chi connectivity index (χ0) is 15.6. The number of hydrogen-bond acceptors (Lipinski definition) is 1. The Morgan fingerprint density at radius 1 is 1.05 bits per heavy atom. The number of carbonyl (C=O) groups excluding carboxylic acids is 1. The highest BCUT2D eigenvalue weighted by Crippen LogP contribution is 2.24. The molecule has 2 aromatic rings. The first-order valence-corrected chi connectivity index (χ1v) is 7.75. The van der Waals surface area contributed by atoms with Crippen LogP contribution in [0, 0.1) is 6.92 Å². The van der Waals surface area contributed by atoms with Crippen LogP contribution < -0.4 is 5.32 Å². The molecule has 110 valence electrons. The van der Waals surface area contributed by atoms with Gasteiger partial charge in [-0.25, -0.2) is 0 Å². The first-order valence-electron chi connectivity index (χ1n) is 6.96. The zero-order valence-corrected chi connectivity index (χ0v) is 14.4. The molecule has 21 heavy (non-hydrogen) atoms. The number of rotatable bonds is 2. The summed E-state index contributed by atoms with van der Waals surface area (Å²) in [4.78, 5) is 12.3. The van der Waals surface area contributed by atoms with Crippen molar-refractivity contribution in [3.05, 3.63) is 63.6 Å². The second kappa shape index (κ2) is 6.02. The maximum atomic E-state index is 12.3. The fourth-order valence-corrected chi connectivity index (χ4v) is 2.47. The van der Waals surface area contributed by atoms with Crippen LogP contribution in [-0.4, -0.2) is 5.91 Å². The topological polar surface area (TPSA) is 29.1 Å². The Labute approximate surface area is 134 Å². The average molecular weight is 346 g/mol. The van der Waals surface area contributed by atoms with Crippen molar-refractivity contribution in [1.82, 2.24) is 0 Å². The smallest absolute Gasteiger partial charge is 0.255 e. The number of anilines is 1. The van der Waals surface area contributed by atoms with E-state index in [1.54, 1.807) is 0 Å². The Morgan fingerprint density at radius 2 is 1.67 bits per heavy atom. The minimum Gasteiger partial charge on any atom is -0.322 e. The third-order valence-corrected chi connectivity index (χ3v) is 4.38. The molecule has 0 saturated heterocycles. The van der Waals surface area contributed by atoms with Gasteiger partial charge in [0.05, 0.1) is 0 Å².